The largest absolute Gasteiger partial charge is 0.372 e. The van der Waals surface area contributed by atoms with Crippen molar-refractivity contribution in [3.63, 3.8) is 0 Å². The van der Waals surface area contributed by atoms with E-state index in [9.17, 15) is 18.3 Å². The summed E-state index contributed by atoms with van der Waals surface area (Å²) in [6.07, 6.45) is 0. The van der Waals surface area contributed by atoms with E-state index in [1.807, 2.05) is 5.92 Å². The second-order valence-electron chi connectivity index (χ2n) is 4.52. The molecule has 0 spiro atoms. The molecule has 19 heavy (non-hydrogen) atoms. The normalized spacial score (nSPS) is 16.2. The third-order valence-corrected chi connectivity index (χ3v) is 2.84. The van der Waals surface area contributed by atoms with Gasteiger partial charge in [0.25, 0.3) is 0 Å². The first-order chi connectivity index (χ1) is 8.65. The van der Waals surface area contributed by atoms with Crippen molar-refractivity contribution in [2.75, 3.05) is 0 Å². The van der Waals surface area contributed by atoms with Crippen LogP contribution in [-0.4, -0.2) is 10.7 Å². The predicted molar refractivity (Wildman–Crippen MR) is 67.0 cm³/mol. The zero-order valence-electron chi connectivity index (χ0n) is 11.0. The van der Waals surface area contributed by atoms with Crippen molar-refractivity contribution in [1.82, 2.24) is 0 Å². The first-order valence-corrected chi connectivity index (χ1v) is 5.73. The van der Waals surface area contributed by atoms with Gasteiger partial charge in [0.05, 0.1) is 5.56 Å². The Kier molecular flexibility index (Phi) is 4.28. The van der Waals surface area contributed by atoms with Gasteiger partial charge in [-0.15, -0.1) is 5.92 Å². The lowest BCUT2D eigenvalue weighted by Gasteiger charge is -2.29. The average Bonchev–Trinajstić information content (AvgIpc) is 2.28. The molecule has 3 N–H and O–H groups in total. The van der Waals surface area contributed by atoms with Crippen LogP contribution in [0.4, 0.5) is 13.2 Å². The Bertz CT molecular complexity index is 527. The van der Waals surface area contributed by atoms with Crippen molar-refractivity contribution in [2.45, 2.75) is 38.3 Å². The summed E-state index contributed by atoms with van der Waals surface area (Å²) in [4.78, 5) is 0. The third-order valence-electron chi connectivity index (χ3n) is 2.84. The Labute approximate surface area is 110 Å². The maximum atomic E-state index is 14.2. The van der Waals surface area contributed by atoms with Crippen LogP contribution in [0.5, 0.6) is 0 Å². The Morgan fingerprint density at radius 1 is 1.37 bits per heavy atom. The van der Waals surface area contributed by atoms with Crippen molar-refractivity contribution in [3.05, 3.63) is 35.1 Å². The fraction of sp³-hybridized carbons (Fsp3) is 0.429. The summed E-state index contributed by atoms with van der Waals surface area (Å²) < 4.78 is 42.5. The van der Waals surface area contributed by atoms with Crippen molar-refractivity contribution in [1.29, 1.82) is 0 Å². The van der Waals surface area contributed by atoms with Crippen LogP contribution in [0.25, 0.3) is 0 Å². The van der Waals surface area contributed by atoms with Crippen molar-refractivity contribution in [2.24, 2.45) is 5.73 Å². The summed E-state index contributed by atoms with van der Waals surface area (Å²) in [5.74, 6) is -0.745. The van der Waals surface area contributed by atoms with E-state index in [1.165, 1.54) is 26.0 Å². The molecule has 0 heterocycles. The Hall–Kier alpha value is -1.51. The zero-order chi connectivity index (χ0) is 14.8. The summed E-state index contributed by atoms with van der Waals surface area (Å²) in [7, 11) is 0. The molecular weight excluding hydrogens is 255 g/mol. The summed E-state index contributed by atoms with van der Waals surface area (Å²) in [5.41, 5.74) is 1.93. The van der Waals surface area contributed by atoms with Gasteiger partial charge in [-0.3, -0.25) is 0 Å². The maximum Gasteiger partial charge on any atom is 0.314 e. The lowest BCUT2D eigenvalue weighted by molar-refractivity contribution is -0.148. The van der Waals surface area contributed by atoms with E-state index in [0.717, 1.165) is 13.0 Å². The molecule has 0 amide bonds. The fourth-order valence-corrected chi connectivity index (χ4v) is 1.73. The topological polar surface area (TPSA) is 46.2 Å². The molecule has 5 heteroatoms. The number of benzene rings is 1. The van der Waals surface area contributed by atoms with Gasteiger partial charge < -0.3 is 10.8 Å². The number of hydrogen-bond acceptors (Lipinski definition) is 2. The van der Waals surface area contributed by atoms with Gasteiger partial charge in [0.2, 0.25) is 0 Å². The molecule has 0 saturated carbocycles. The van der Waals surface area contributed by atoms with Gasteiger partial charge in [0.1, 0.15) is 5.82 Å². The smallest absolute Gasteiger partial charge is 0.314 e. The number of hydrogen-bond donors (Lipinski definition) is 2. The molecule has 0 saturated heterocycles. The molecule has 1 aromatic carbocycles. The Balaban J connectivity index is 3.44. The molecular formula is C14H16F3NO. The lowest BCUT2D eigenvalue weighted by Crippen LogP contribution is -2.42. The second-order valence-corrected chi connectivity index (χ2v) is 4.52. The average molecular weight is 271 g/mol. The Morgan fingerprint density at radius 3 is 2.42 bits per heavy atom. The van der Waals surface area contributed by atoms with Crippen LogP contribution in [0.1, 0.15) is 37.9 Å². The fourth-order valence-electron chi connectivity index (χ4n) is 1.73. The van der Waals surface area contributed by atoms with Crippen LogP contribution in [0, 0.1) is 17.7 Å². The van der Waals surface area contributed by atoms with E-state index >= 15 is 0 Å². The second kappa shape index (κ2) is 5.24. The number of aliphatic hydroxyl groups is 1. The minimum atomic E-state index is -3.84. The van der Waals surface area contributed by atoms with Crippen molar-refractivity contribution in [3.8, 4) is 11.8 Å². The van der Waals surface area contributed by atoms with Gasteiger partial charge in [-0.2, -0.15) is 8.78 Å². The molecule has 1 aromatic rings. The zero-order valence-corrected chi connectivity index (χ0v) is 11.0. The highest BCUT2D eigenvalue weighted by molar-refractivity contribution is 5.35. The highest BCUT2D eigenvalue weighted by Gasteiger charge is 2.51. The Morgan fingerprint density at radius 2 is 1.95 bits per heavy atom. The van der Waals surface area contributed by atoms with Gasteiger partial charge in [-0.25, -0.2) is 4.39 Å². The van der Waals surface area contributed by atoms with E-state index in [1.54, 1.807) is 0 Å². The monoisotopic (exact) mass is 271 g/mol. The first kappa shape index (κ1) is 15.5. The molecule has 0 radical (unpaired) electrons. The molecule has 0 aliphatic heterocycles. The molecule has 2 atom stereocenters. The SMILES string of the molecule is CC#C[C@@](C)(O)C(F)(F)c1cccc([C@@H](C)N)c1F. The summed E-state index contributed by atoms with van der Waals surface area (Å²) in [6, 6.07) is 2.81. The van der Waals surface area contributed by atoms with E-state index in [2.05, 4.69) is 5.92 Å². The van der Waals surface area contributed by atoms with Crippen LogP contribution in [-0.2, 0) is 5.92 Å². The maximum absolute atomic E-state index is 14.2. The highest BCUT2D eigenvalue weighted by Crippen LogP contribution is 2.40. The molecule has 0 bridgehead atoms. The summed E-state index contributed by atoms with van der Waals surface area (Å²) in [6.45, 7) is 3.66. The van der Waals surface area contributed by atoms with Gasteiger partial charge in [0.15, 0.2) is 5.60 Å². The van der Waals surface area contributed by atoms with Crippen LogP contribution in [0.2, 0.25) is 0 Å². The highest BCUT2D eigenvalue weighted by atomic mass is 19.3. The summed E-state index contributed by atoms with van der Waals surface area (Å²) >= 11 is 0. The van der Waals surface area contributed by atoms with Crippen LogP contribution in [0.15, 0.2) is 18.2 Å². The summed E-state index contributed by atoms with van der Waals surface area (Å²) in [5, 5.41) is 9.73. The lowest BCUT2D eigenvalue weighted by atomic mass is 9.90. The first-order valence-electron chi connectivity index (χ1n) is 5.73. The molecule has 0 fully saturated rings. The van der Waals surface area contributed by atoms with E-state index in [4.69, 9.17) is 5.73 Å². The van der Waals surface area contributed by atoms with Crippen LogP contribution in [0.3, 0.4) is 0 Å². The molecule has 0 unspecified atom stereocenters. The standard InChI is InChI=1S/C14H16F3NO/c1-4-8-13(3,19)14(16,17)11-7-5-6-10(9(2)18)12(11)15/h5-7,9,19H,18H2,1-3H3/t9-,13-/m1/s1. The van der Waals surface area contributed by atoms with Gasteiger partial charge >= 0.3 is 5.92 Å². The van der Waals surface area contributed by atoms with Gasteiger partial charge in [-0.1, -0.05) is 18.1 Å². The number of alkyl halides is 2. The molecule has 1 rings (SSSR count). The predicted octanol–water partition coefficient (Wildman–Crippen LogP) is 2.71. The number of nitrogens with two attached hydrogens (primary N) is 1. The molecule has 0 aliphatic carbocycles. The van der Waals surface area contributed by atoms with Crippen molar-refractivity contribution >= 4 is 0 Å². The van der Waals surface area contributed by atoms with E-state index < -0.39 is 28.9 Å². The van der Waals surface area contributed by atoms with Crippen molar-refractivity contribution < 1.29 is 18.3 Å². The minimum Gasteiger partial charge on any atom is -0.372 e. The number of rotatable bonds is 3. The van der Waals surface area contributed by atoms with Gasteiger partial charge in [-0.05, 0) is 26.8 Å². The van der Waals surface area contributed by atoms with Crippen LogP contribution < -0.4 is 5.73 Å². The van der Waals surface area contributed by atoms with Crippen LogP contribution >= 0.6 is 0 Å². The molecule has 0 aromatic heterocycles. The molecule has 104 valence electrons. The van der Waals surface area contributed by atoms with E-state index in [0.29, 0.717) is 0 Å². The quantitative estimate of drug-likeness (QED) is 0.830. The minimum absolute atomic E-state index is 0.0302. The van der Waals surface area contributed by atoms with E-state index in [-0.39, 0.29) is 5.56 Å². The third kappa shape index (κ3) is 2.75. The molecule has 2 nitrogen and oxygen atoms in total. The molecule has 0 aliphatic rings. The van der Waals surface area contributed by atoms with Gasteiger partial charge in [0, 0.05) is 11.6 Å². The number of halogens is 3.